The number of benzene rings is 1. The third-order valence-electron chi connectivity index (χ3n) is 9.10. The van der Waals surface area contributed by atoms with Crippen LogP contribution in [0, 0.1) is 23.7 Å². The summed E-state index contributed by atoms with van der Waals surface area (Å²) < 4.78 is 39.2. The molecular formula is C30H46F2O2. The molecule has 1 aromatic rings. The van der Waals surface area contributed by atoms with Gasteiger partial charge in [-0.3, -0.25) is 0 Å². The van der Waals surface area contributed by atoms with Crippen molar-refractivity contribution in [3.05, 3.63) is 29.8 Å². The van der Waals surface area contributed by atoms with Gasteiger partial charge in [0, 0.05) is 0 Å². The van der Waals surface area contributed by atoms with E-state index in [2.05, 4.69) is 13.8 Å². The number of alkyl halides is 2. The Morgan fingerprint density at radius 2 is 1.38 bits per heavy atom. The summed E-state index contributed by atoms with van der Waals surface area (Å²) in [5.41, 5.74) is 1.27. The van der Waals surface area contributed by atoms with Crippen molar-refractivity contribution < 1.29 is 18.3 Å². The second kappa shape index (κ2) is 12.2. The van der Waals surface area contributed by atoms with Crippen molar-refractivity contribution in [1.82, 2.24) is 0 Å². The molecule has 0 bridgehead atoms. The summed E-state index contributed by atoms with van der Waals surface area (Å²) in [6, 6.07) is 7.42. The van der Waals surface area contributed by atoms with Crippen molar-refractivity contribution in [1.29, 1.82) is 0 Å². The van der Waals surface area contributed by atoms with Crippen molar-refractivity contribution >= 4 is 0 Å². The zero-order chi connectivity index (χ0) is 24.0. The SMILES string of the molecule is CCCC1CCC(C2CCC(c3ccc(OC(F)(F)COC4CCC(C)CC4)cc3)CC2)CC1. The molecule has 2 nitrogen and oxygen atoms in total. The molecule has 0 spiro atoms. The smallest absolute Gasteiger partial charge is 0.421 e. The van der Waals surface area contributed by atoms with E-state index < -0.39 is 12.7 Å². The van der Waals surface area contributed by atoms with Crippen LogP contribution < -0.4 is 4.74 Å². The summed E-state index contributed by atoms with van der Waals surface area (Å²) in [6.07, 6.45) is 14.1. The number of hydrogen-bond donors (Lipinski definition) is 0. The molecule has 4 rings (SSSR count). The molecule has 3 fully saturated rings. The van der Waals surface area contributed by atoms with Gasteiger partial charge in [-0.2, -0.15) is 8.78 Å². The average Bonchev–Trinajstić information content (AvgIpc) is 2.85. The second-order valence-electron chi connectivity index (χ2n) is 11.7. The first-order chi connectivity index (χ1) is 16.4. The number of ether oxygens (including phenoxy) is 2. The third-order valence-corrected chi connectivity index (χ3v) is 9.10. The average molecular weight is 477 g/mol. The maximum atomic E-state index is 14.3. The van der Waals surface area contributed by atoms with Gasteiger partial charge in [0.05, 0.1) is 6.10 Å². The lowest BCUT2D eigenvalue weighted by Gasteiger charge is -2.38. The van der Waals surface area contributed by atoms with Gasteiger partial charge in [0.25, 0.3) is 0 Å². The molecular weight excluding hydrogens is 430 g/mol. The quantitative estimate of drug-likeness (QED) is 0.354. The highest BCUT2D eigenvalue weighted by Gasteiger charge is 2.35. The Kier molecular flexibility index (Phi) is 9.29. The monoisotopic (exact) mass is 476 g/mol. The summed E-state index contributed by atoms with van der Waals surface area (Å²) >= 11 is 0. The van der Waals surface area contributed by atoms with Crippen molar-refractivity contribution in [3.63, 3.8) is 0 Å². The molecule has 0 N–H and O–H groups in total. The Hall–Kier alpha value is -1.16. The van der Waals surface area contributed by atoms with E-state index in [4.69, 9.17) is 9.47 Å². The van der Waals surface area contributed by atoms with Crippen LogP contribution in [0.15, 0.2) is 24.3 Å². The minimum Gasteiger partial charge on any atom is -0.431 e. The van der Waals surface area contributed by atoms with E-state index in [9.17, 15) is 8.78 Å². The van der Waals surface area contributed by atoms with Gasteiger partial charge in [-0.15, -0.1) is 0 Å². The highest BCUT2D eigenvalue weighted by Crippen LogP contribution is 2.44. The molecule has 0 atom stereocenters. The first-order valence-electron chi connectivity index (χ1n) is 14.2. The first-order valence-corrected chi connectivity index (χ1v) is 14.2. The maximum absolute atomic E-state index is 14.3. The zero-order valence-corrected chi connectivity index (χ0v) is 21.5. The molecule has 0 unspecified atom stereocenters. The standard InChI is InChI=1S/C30H46F2O2/c1-3-4-23-7-9-24(10-8-23)25-11-13-26(14-12-25)27-15-19-29(20-16-27)34-30(31,32)21-33-28-17-5-22(2)6-18-28/h15-16,19-20,22-26,28H,3-14,17-18,21H2,1-2H3. The highest BCUT2D eigenvalue weighted by molar-refractivity contribution is 5.30. The van der Waals surface area contributed by atoms with E-state index in [1.54, 1.807) is 12.1 Å². The van der Waals surface area contributed by atoms with Gasteiger partial charge in [0.1, 0.15) is 5.75 Å². The summed E-state index contributed by atoms with van der Waals surface area (Å²) in [5, 5.41) is 0. The number of rotatable bonds is 9. The van der Waals surface area contributed by atoms with Crippen molar-refractivity contribution in [2.24, 2.45) is 23.7 Å². The molecule has 0 heterocycles. The number of halogens is 2. The predicted molar refractivity (Wildman–Crippen MR) is 134 cm³/mol. The van der Waals surface area contributed by atoms with Gasteiger partial charge < -0.3 is 9.47 Å². The third kappa shape index (κ3) is 7.42. The van der Waals surface area contributed by atoms with Gasteiger partial charge in [-0.25, -0.2) is 0 Å². The molecule has 0 amide bonds. The predicted octanol–water partition coefficient (Wildman–Crippen LogP) is 9.13. The molecule has 3 aliphatic rings. The van der Waals surface area contributed by atoms with E-state index in [1.807, 2.05) is 12.1 Å². The first kappa shape index (κ1) is 25.9. The summed E-state index contributed by atoms with van der Waals surface area (Å²) in [5.74, 6) is 4.27. The van der Waals surface area contributed by atoms with Crippen LogP contribution >= 0.6 is 0 Å². The molecule has 0 aromatic heterocycles. The molecule has 4 heteroatoms. The van der Waals surface area contributed by atoms with Crippen LogP contribution in [0.1, 0.15) is 115 Å². The summed E-state index contributed by atoms with van der Waals surface area (Å²) in [6.45, 7) is 3.85. The Balaban J connectivity index is 1.19. The fourth-order valence-corrected chi connectivity index (χ4v) is 6.90. The molecule has 3 aliphatic carbocycles. The molecule has 34 heavy (non-hydrogen) atoms. The van der Waals surface area contributed by atoms with E-state index >= 15 is 0 Å². The fraction of sp³-hybridized carbons (Fsp3) is 0.800. The highest BCUT2D eigenvalue weighted by atomic mass is 19.3. The lowest BCUT2D eigenvalue weighted by Crippen LogP contribution is -2.34. The molecule has 0 saturated heterocycles. The minimum atomic E-state index is -3.29. The molecule has 1 aromatic carbocycles. The summed E-state index contributed by atoms with van der Waals surface area (Å²) in [4.78, 5) is 0. The van der Waals surface area contributed by atoms with Gasteiger partial charge in [0.15, 0.2) is 6.61 Å². The molecule has 0 aliphatic heterocycles. The van der Waals surface area contributed by atoms with E-state index in [0.717, 1.165) is 43.4 Å². The van der Waals surface area contributed by atoms with Gasteiger partial charge in [0.2, 0.25) is 0 Å². The maximum Gasteiger partial charge on any atom is 0.421 e. The second-order valence-corrected chi connectivity index (χ2v) is 11.7. The van der Waals surface area contributed by atoms with Crippen LogP contribution in [0.5, 0.6) is 5.75 Å². The van der Waals surface area contributed by atoms with E-state index in [0.29, 0.717) is 11.8 Å². The largest absolute Gasteiger partial charge is 0.431 e. The Morgan fingerprint density at radius 3 is 1.97 bits per heavy atom. The number of hydrogen-bond acceptors (Lipinski definition) is 2. The van der Waals surface area contributed by atoms with Gasteiger partial charge in [-0.1, -0.05) is 51.7 Å². The van der Waals surface area contributed by atoms with Crippen LogP contribution in [0.2, 0.25) is 0 Å². The lowest BCUT2D eigenvalue weighted by atomic mass is 9.68. The topological polar surface area (TPSA) is 18.5 Å². The Labute approximate surface area is 206 Å². The van der Waals surface area contributed by atoms with Gasteiger partial charge >= 0.3 is 6.11 Å². The van der Waals surface area contributed by atoms with Crippen molar-refractivity contribution in [3.8, 4) is 5.75 Å². The normalized spacial score (nSPS) is 32.9. The molecule has 0 radical (unpaired) electrons. The van der Waals surface area contributed by atoms with Crippen LogP contribution in [0.25, 0.3) is 0 Å². The Bertz CT molecular complexity index is 710. The van der Waals surface area contributed by atoms with Crippen LogP contribution in [0.3, 0.4) is 0 Å². The van der Waals surface area contributed by atoms with Gasteiger partial charge in [-0.05, 0) is 111 Å². The molecule has 192 valence electrons. The Morgan fingerprint density at radius 1 is 0.794 bits per heavy atom. The fourth-order valence-electron chi connectivity index (χ4n) is 6.90. The zero-order valence-electron chi connectivity index (χ0n) is 21.5. The van der Waals surface area contributed by atoms with Crippen LogP contribution in [0.4, 0.5) is 8.78 Å². The summed E-state index contributed by atoms with van der Waals surface area (Å²) in [7, 11) is 0. The van der Waals surface area contributed by atoms with E-state index in [-0.39, 0.29) is 11.9 Å². The minimum absolute atomic E-state index is 0.0606. The van der Waals surface area contributed by atoms with Crippen LogP contribution in [-0.4, -0.2) is 18.8 Å². The lowest BCUT2D eigenvalue weighted by molar-refractivity contribution is -0.222. The van der Waals surface area contributed by atoms with Crippen LogP contribution in [-0.2, 0) is 4.74 Å². The van der Waals surface area contributed by atoms with E-state index in [1.165, 1.54) is 69.8 Å². The van der Waals surface area contributed by atoms with Crippen molar-refractivity contribution in [2.75, 3.05) is 6.61 Å². The molecule has 3 saturated carbocycles. The van der Waals surface area contributed by atoms with Crippen molar-refractivity contribution in [2.45, 2.75) is 122 Å².